The molecule has 15 nitrogen and oxygen atoms in total. The summed E-state index contributed by atoms with van der Waals surface area (Å²) in [5.74, 6) is 0. The topological polar surface area (TPSA) is 216 Å². The Balaban J connectivity index is 2.11. The smallest absolute Gasteiger partial charge is 0.299 e. The van der Waals surface area contributed by atoms with Gasteiger partial charge < -0.3 is 14.8 Å². The van der Waals surface area contributed by atoms with Gasteiger partial charge in [0.25, 0.3) is 21.5 Å². The lowest BCUT2D eigenvalue weighted by Crippen LogP contribution is -2.21. The fourth-order valence-electron chi connectivity index (χ4n) is 5.64. The first kappa shape index (κ1) is 37.6. The largest absolute Gasteiger partial charge is 0.744 e. The molecule has 50 heavy (non-hydrogen) atoms. The van der Waals surface area contributed by atoms with Gasteiger partial charge in [0.2, 0.25) is 0 Å². The van der Waals surface area contributed by atoms with Crippen molar-refractivity contribution in [3.05, 3.63) is 116 Å². The van der Waals surface area contributed by atoms with E-state index in [9.17, 15) is 46.2 Å². The Hall–Kier alpha value is -5.23. The molecule has 0 atom stereocenters. The van der Waals surface area contributed by atoms with Crippen molar-refractivity contribution >= 4 is 60.0 Å². The summed E-state index contributed by atoms with van der Waals surface area (Å²) in [4.78, 5) is 21.4. The van der Waals surface area contributed by atoms with Crippen molar-refractivity contribution < 1.29 is 40.4 Å². The third-order valence-corrected chi connectivity index (χ3v) is 9.90. The Morgan fingerprint density at radius 2 is 1.38 bits per heavy atom. The number of nitrogens with one attached hydrogen (secondary N) is 1. The van der Waals surface area contributed by atoms with Gasteiger partial charge in [0, 0.05) is 42.6 Å². The summed E-state index contributed by atoms with van der Waals surface area (Å²) in [5.41, 5.74) is 0.134. The van der Waals surface area contributed by atoms with Crippen molar-refractivity contribution in [1.29, 1.82) is 0 Å². The van der Waals surface area contributed by atoms with Gasteiger partial charge in [-0.3, -0.25) is 24.8 Å². The Morgan fingerprint density at radius 1 is 0.780 bits per heavy atom. The molecule has 2 N–H and O–H groups in total. The maximum Gasteiger partial charge on any atom is 0.299 e. The summed E-state index contributed by atoms with van der Waals surface area (Å²) in [6, 6.07) is 11.1. The second kappa shape index (κ2) is 15.1. The molecule has 1 aliphatic carbocycles. The molecule has 3 aromatic rings. The molecule has 3 aromatic carbocycles. The molecular weight excluding hydrogens is 691 g/mol. The molecule has 0 aliphatic heterocycles. The van der Waals surface area contributed by atoms with Gasteiger partial charge in [0.15, 0.2) is 5.71 Å². The number of nitrogens with zero attached hydrogens (tertiary/aromatic N) is 4. The van der Waals surface area contributed by atoms with Crippen LogP contribution in [0.15, 0.2) is 94.3 Å². The molecule has 0 fully saturated rings. The third-order valence-electron chi connectivity index (χ3n) is 8.13. The van der Waals surface area contributed by atoms with Gasteiger partial charge in [-0.25, -0.2) is 13.0 Å². The average Bonchev–Trinajstić information content (AvgIpc) is 3.06. The zero-order chi connectivity index (χ0) is 37.0. The highest BCUT2D eigenvalue weighted by Crippen LogP contribution is 2.41. The molecule has 0 aromatic heterocycles. The first-order valence-corrected chi connectivity index (χ1v) is 18.3. The highest BCUT2D eigenvalue weighted by Gasteiger charge is 2.28. The Labute approximate surface area is 289 Å². The molecule has 0 spiro atoms. The van der Waals surface area contributed by atoms with Crippen LogP contribution in [0.2, 0.25) is 0 Å². The lowest BCUT2D eigenvalue weighted by Gasteiger charge is -2.23. The summed E-state index contributed by atoms with van der Waals surface area (Å²) < 4.78 is 75.9. The second-order valence-corrected chi connectivity index (χ2v) is 13.7. The number of allylic oxidation sites excluding steroid dienone is 5. The van der Waals surface area contributed by atoms with Gasteiger partial charge in [0.1, 0.15) is 33.8 Å². The van der Waals surface area contributed by atoms with Gasteiger partial charge in [-0.1, -0.05) is 12.1 Å². The van der Waals surface area contributed by atoms with Crippen LogP contribution in [0.25, 0.3) is 5.57 Å². The van der Waals surface area contributed by atoms with Gasteiger partial charge in [0.05, 0.1) is 26.5 Å². The minimum Gasteiger partial charge on any atom is -0.744 e. The van der Waals surface area contributed by atoms with E-state index < -0.39 is 62.6 Å². The van der Waals surface area contributed by atoms with Crippen LogP contribution < -0.4 is 10.2 Å². The molecule has 264 valence electrons. The van der Waals surface area contributed by atoms with E-state index in [4.69, 9.17) is 0 Å². The predicted molar refractivity (Wildman–Crippen MR) is 188 cm³/mol. The second-order valence-electron chi connectivity index (χ2n) is 10.9. The number of anilines is 3. The fourth-order valence-corrected chi connectivity index (χ4v) is 7.06. The minimum atomic E-state index is -5.44. The predicted octanol–water partition coefficient (Wildman–Crippen LogP) is 5.66. The van der Waals surface area contributed by atoms with E-state index in [1.165, 1.54) is 0 Å². The number of hydrogen-bond donors (Lipinski definition) is 2. The summed E-state index contributed by atoms with van der Waals surface area (Å²) in [5, 5.41) is 25.7. The average molecular weight is 726 g/mol. The summed E-state index contributed by atoms with van der Waals surface area (Å²) >= 11 is 0. The molecule has 0 saturated heterocycles. The van der Waals surface area contributed by atoms with E-state index in [0.29, 0.717) is 49.4 Å². The molecule has 0 bridgehead atoms. The highest BCUT2D eigenvalue weighted by molar-refractivity contribution is 7.86. The molecule has 0 radical (unpaired) electrons. The van der Waals surface area contributed by atoms with Crippen molar-refractivity contribution in [2.45, 2.75) is 37.5 Å². The quantitative estimate of drug-likeness (QED) is 0.0944. The number of rotatable bonds is 13. The van der Waals surface area contributed by atoms with E-state index >= 15 is 0 Å². The van der Waals surface area contributed by atoms with Crippen LogP contribution in [-0.2, 0) is 20.2 Å². The van der Waals surface area contributed by atoms with E-state index in [1.807, 2.05) is 52.0 Å². The van der Waals surface area contributed by atoms with Crippen molar-refractivity contribution in [2.75, 3.05) is 36.4 Å². The van der Waals surface area contributed by atoms with Crippen molar-refractivity contribution in [1.82, 2.24) is 0 Å². The van der Waals surface area contributed by atoms with Gasteiger partial charge in [-0.05, 0) is 86.9 Å². The molecule has 0 amide bonds. The van der Waals surface area contributed by atoms with E-state index in [1.54, 1.807) is 24.3 Å². The monoisotopic (exact) mass is 725 g/mol. The van der Waals surface area contributed by atoms with Crippen LogP contribution in [0.3, 0.4) is 0 Å². The SMILES string of the molecule is CCN(CC)c1ccc(C(=C2C=CC(=[N+](CC)CC)C=C2)c2cc(Nc3ccc([N+](=O)[O-])cc3[N+](=O)[O-])c(S(=O)(=O)O)cc2S(=O)(=O)[O-])cc1. The lowest BCUT2D eigenvalue weighted by atomic mass is 9.90. The summed E-state index contributed by atoms with van der Waals surface area (Å²) in [7, 11) is -10.7. The summed E-state index contributed by atoms with van der Waals surface area (Å²) in [6.45, 7) is 10.8. The van der Waals surface area contributed by atoms with E-state index in [-0.39, 0.29) is 11.1 Å². The van der Waals surface area contributed by atoms with Crippen LogP contribution in [0.4, 0.5) is 28.4 Å². The van der Waals surface area contributed by atoms with Crippen LogP contribution in [-0.4, -0.2) is 72.3 Å². The standard InChI is InChI=1S/C33H35N5O10S2/c1-5-35(6-2)24-13-9-22(10-14-24)33(23-11-15-25(16-12-23)36(7-3)8-4)27-20-29(32(50(46,47)48)21-31(27)49(43,44)45)34-28-18-17-26(37(39)40)19-30(28)38(41)42/h9-21,34H,5-8H2,1-4H3,(H-,43,44,45,46,47,48). The minimum absolute atomic E-state index is 0.194. The zero-order valence-electron chi connectivity index (χ0n) is 27.6. The van der Waals surface area contributed by atoms with Gasteiger partial charge in [-0.15, -0.1) is 0 Å². The molecule has 0 unspecified atom stereocenters. The van der Waals surface area contributed by atoms with E-state index in [0.717, 1.165) is 29.6 Å². The van der Waals surface area contributed by atoms with Gasteiger partial charge in [-0.2, -0.15) is 8.42 Å². The molecule has 0 saturated carbocycles. The number of nitro groups is 2. The fraction of sp³-hybridized carbons (Fsp3) is 0.242. The Morgan fingerprint density at radius 3 is 1.86 bits per heavy atom. The van der Waals surface area contributed by atoms with Crippen LogP contribution >= 0.6 is 0 Å². The first-order chi connectivity index (χ1) is 23.5. The highest BCUT2D eigenvalue weighted by atomic mass is 32.2. The molecule has 17 heteroatoms. The first-order valence-electron chi connectivity index (χ1n) is 15.4. The molecule has 4 rings (SSSR count). The van der Waals surface area contributed by atoms with Crippen molar-refractivity contribution in [3.63, 3.8) is 0 Å². The van der Waals surface area contributed by atoms with Crippen LogP contribution in [0.1, 0.15) is 38.8 Å². The van der Waals surface area contributed by atoms with Crippen LogP contribution in [0.5, 0.6) is 0 Å². The zero-order valence-corrected chi connectivity index (χ0v) is 29.2. The van der Waals surface area contributed by atoms with Crippen molar-refractivity contribution in [3.8, 4) is 0 Å². The number of non-ortho nitro benzene ring substituents is 1. The maximum absolute atomic E-state index is 12.8. The molecule has 1 aliphatic rings. The normalized spacial score (nSPS) is 12.9. The van der Waals surface area contributed by atoms with E-state index in [2.05, 4.69) is 14.8 Å². The Kier molecular flexibility index (Phi) is 11.4. The Bertz CT molecular complexity index is 2160. The number of hydrogen-bond acceptors (Lipinski definition) is 11. The number of nitro benzene ring substituents is 2. The molecule has 0 heterocycles. The van der Waals surface area contributed by atoms with Crippen LogP contribution in [0, 0.1) is 20.2 Å². The third kappa shape index (κ3) is 8.14. The number of benzene rings is 3. The maximum atomic E-state index is 12.8. The lowest BCUT2D eigenvalue weighted by molar-refractivity contribution is -0.519. The van der Waals surface area contributed by atoms with Crippen molar-refractivity contribution in [2.24, 2.45) is 0 Å². The summed E-state index contributed by atoms with van der Waals surface area (Å²) in [6.07, 6.45) is 7.05. The molecular formula is C33H35N5O10S2. The van der Waals surface area contributed by atoms with Gasteiger partial charge >= 0.3 is 0 Å².